The van der Waals surface area contributed by atoms with Gasteiger partial charge in [0.2, 0.25) is 5.91 Å². The van der Waals surface area contributed by atoms with Crippen molar-refractivity contribution in [1.82, 2.24) is 9.88 Å². The van der Waals surface area contributed by atoms with Crippen LogP contribution in [0.5, 0.6) is 0 Å². The topological polar surface area (TPSA) is 65.5 Å². The minimum Gasteiger partial charge on any atom is -0.392 e. The van der Waals surface area contributed by atoms with Gasteiger partial charge >= 0.3 is 0 Å². The first-order valence-electron chi connectivity index (χ1n) is 6.75. The molecule has 2 rings (SSSR count). The van der Waals surface area contributed by atoms with E-state index in [-0.39, 0.29) is 12.0 Å². The maximum absolute atomic E-state index is 11.9. The molecule has 0 aliphatic carbocycles. The Hall–Kier alpha value is -0.980. The fraction of sp³-hybridized carbons (Fsp3) is 0.692. The third-order valence-electron chi connectivity index (χ3n) is 3.32. The summed E-state index contributed by atoms with van der Waals surface area (Å²) in [5.41, 5.74) is 1.05. The normalized spacial score (nSPS) is 20.5. The second kappa shape index (κ2) is 6.45. The standard InChI is InChI=1S/C13H21N3O2S/c1-3-11-9(2)19-13(14-11)15-12(18)8-16-6-4-5-10(17)7-16/h10,17H,3-8H2,1-2H3,(H,14,15,18). The lowest BCUT2D eigenvalue weighted by atomic mass is 10.1. The summed E-state index contributed by atoms with van der Waals surface area (Å²) in [5.74, 6) is -0.0505. The number of β-amino-alcohol motifs (C(OH)–C–C–N with tert-alkyl or cyclic N) is 1. The summed E-state index contributed by atoms with van der Waals surface area (Å²) in [6, 6.07) is 0. The van der Waals surface area contributed by atoms with E-state index in [0.29, 0.717) is 18.2 Å². The van der Waals surface area contributed by atoms with Crippen LogP contribution in [0.3, 0.4) is 0 Å². The Morgan fingerprint density at radius 3 is 3.05 bits per heavy atom. The molecule has 1 aromatic heterocycles. The van der Waals surface area contributed by atoms with Crippen molar-refractivity contribution >= 4 is 22.4 Å². The molecule has 0 aromatic carbocycles. The van der Waals surface area contributed by atoms with Gasteiger partial charge in [0.15, 0.2) is 5.13 Å². The Kier molecular flexibility index (Phi) is 4.90. The highest BCUT2D eigenvalue weighted by Crippen LogP contribution is 2.22. The smallest absolute Gasteiger partial charge is 0.240 e. The van der Waals surface area contributed by atoms with Gasteiger partial charge in [0.05, 0.1) is 18.3 Å². The number of likely N-dealkylation sites (tertiary alicyclic amines) is 1. The molecule has 6 heteroatoms. The number of anilines is 1. The molecule has 2 heterocycles. The zero-order valence-corrected chi connectivity index (χ0v) is 12.3. The summed E-state index contributed by atoms with van der Waals surface area (Å²) in [4.78, 5) is 19.5. The Morgan fingerprint density at radius 1 is 1.63 bits per heavy atom. The van der Waals surface area contributed by atoms with Crippen molar-refractivity contribution in [1.29, 1.82) is 0 Å². The Bertz CT molecular complexity index is 447. The van der Waals surface area contributed by atoms with Gasteiger partial charge in [-0.25, -0.2) is 4.98 Å². The first kappa shape index (κ1) is 14.4. The molecule has 1 amide bonds. The van der Waals surface area contributed by atoms with Gasteiger partial charge in [0.25, 0.3) is 0 Å². The van der Waals surface area contributed by atoms with Gasteiger partial charge in [-0.3, -0.25) is 9.69 Å². The van der Waals surface area contributed by atoms with E-state index in [1.807, 2.05) is 11.8 Å². The summed E-state index contributed by atoms with van der Waals surface area (Å²) in [6.07, 6.45) is 2.38. The summed E-state index contributed by atoms with van der Waals surface area (Å²) in [7, 11) is 0. The van der Waals surface area contributed by atoms with Gasteiger partial charge in [-0.2, -0.15) is 0 Å². The van der Waals surface area contributed by atoms with Crippen molar-refractivity contribution in [2.24, 2.45) is 0 Å². The van der Waals surface area contributed by atoms with Gasteiger partial charge in [0, 0.05) is 11.4 Å². The van der Waals surface area contributed by atoms with Crippen LogP contribution in [-0.4, -0.2) is 46.6 Å². The molecule has 0 bridgehead atoms. The van der Waals surface area contributed by atoms with Gasteiger partial charge in [0.1, 0.15) is 0 Å². The number of thiazole rings is 1. The molecule has 19 heavy (non-hydrogen) atoms. The maximum Gasteiger partial charge on any atom is 0.240 e. The average molecular weight is 283 g/mol. The number of amides is 1. The van der Waals surface area contributed by atoms with Crippen molar-refractivity contribution < 1.29 is 9.90 Å². The van der Waals surface area contributed by atoms with E-state index in [0.717, 1.165) is 36.4 Å². The minimum atomic E-state index is -0.296. The van der Waals surface area contributed by atoms with E-state index >= 15 is 0 Å². The van der Waals surface area contributed by atoms with Crippen LogP contribution in [0.25, 0.3) is 0 Å². The predicted octanol–water partition coefficient (Wildman–Crippen LogP) is 1.41. The second-order valence-electron chi connectivity index (χ2n) is 4.95. The average Bonchev–Trinajstić information content (AvgIpc) is 2.69. The highest BCUT2D eigenvalue weighted by molar-refractivity contribution is 7.15. The van der Waals surface area contributed by atoms with Crippen LogP contribution in [0, 0.1) is 6.92 Å². The number of aliphatic hydroxyl groups is 1. The molecule has 1 atom stereocenters. The molecule has 1 unspecified atom stereocenters. The molecule has 0 radical (unpaired) electrons. The first-order chi connectivity index (χ1) is 9.08. The van der Waals surface area contributed by atoms with Crippen LogP contribution in [0.15, 0.2) is 0 Å². The van der Waals surface area contributed by atoms with Crippen molar-refractivity contribution in [3.63, 3.8) is 0 Å². The number of nitrogens with zero attached hydrogens (tertiary/aromatic N) is 2. The number of carbonyl (C=O) groups is 1. The number of carbonyl (C=O) groups excluding carboxylic acids is 1. The van der Waals surface area contributed by atoms with Gasteiger partial charge in [-0.15, -0.1) is 11.3 Å². The molecule has 1 fully saturated rings. The number of aryl methyl sites for hydroxylation is 2. The number of piperidine rings is 1. The quantitative estimate of drug-likeness (QED) is 0.877. The highest BCUT2D eigenvalue weighted by atomic mass is 32.1. The Morgan fingerprint density at radius 2 is 2.42 bits per heavy atom. The summed E-state index contributed by atoms with van der Waals surface area (Å²) in [6.45, 7) is 5.87. The van der Waals surface area contributed by atoms with Crippen molar-refractivity contribution in [2.45, 2.75) is 39.2 Å². The van der Waals surface area contributed by atoms with Gasteiger partial charge in [-0.05, 0) is 32.7 Å². The lowest BCUT2D eigenvalue weighted by molar-refractivity contribution is -0.118. The number of hydrogen-bond donors (Lipinski definition) is 2. The van der Waals surface area contributed by atoms with Crippen LogP contribution in [-0.2, 0) is 11.2 Å². The SMILES string of the molecule is CCc1nc(NC(=O)CN2CCCC(O)C2)sc1C. The molecular formula is C13H21N3O2S. The Balaban J connectivity index is 1.86. The zero-order valence-electron chi connectivity index (χ0n) is 11.5. The van der Waals surface area contributed by atoms with E-state index in [1.165, 1.54) is 11.3 Å². The van der Waals surface area contributed by atoms with E-state index in [2.05, 4.69) is 17.2 Å². The fourth-order valence-electron chi connectivity index (χ4n) is 2.35. The summed E-state index contributed by atoms with van der Waals surface area (Å²) < 4.78 is 0. The number of hydrogen-bond acceptors (Lipinski definition) is 5. The zero-order chi connectivity index (χ0) is 13.8. The third-order valence-corrected chi connectivity index (χ3v) is 4.25. The van der Waals surface area contributed by atoms with E-state index in [4.69, 9.17) is 0 Å². The van der Waals surface area contributed by atoms with Crippen LogP contribution in [0.2, 0.25) is 0 Å². The molecule has 1 saturated heterocycles. The summed E-state index contributed by atoms with van der Waals surface area (Å²) >= 11 is 1.52. The lowest BCUT2D eigenvalue weighted by Gasteiger charge is -2.29. The van der Waals surface area contributed by atoms with E-state index < -0.39 is 0 Å². The van der Waals surface area contributed by atoms with Crippen LogP contribution in [0.4, 0.5) is 5.13 Å². The van der Waals surface area contributed by atoms with Crippen LogP contribution < -0.4 is 5.32 Å². The molecule has 2 N–H and O–H groups in total. The van der Waals surface area contributed by atoms with Crippen LogP contribution >= 0.6 is 11.3 Å². The van der Waals surface area contributed by atoms with Crippen molar-refractivity contribution in [3.8, 4) is 0 Å². The number of aliphatic hydroxyl groups excluding tert-OH is 1. The predicted molar refractivity (Wildman–Crippen MR) is 76.5 cm³/mol. The number of rotatable bonds is 4. The fourth-order valence-corrected chi connectivity index (χ4v) is 3.26. The molecule has 1 aliphatic rings. The van der Waals surface area contributed by atoms with Crippen molar-refractivity contribution in [3.05, 3.63) is 10.6 Å². The molecule has 1 aliphatic heterocycles. The third kappa shape index (κ3) is 3.99. The first-order valence-corrected chi connectivity index (χ1v) is 7.56. The second-order valence-corrected chi connectivity index (χ2v) is 6.16. The van der Waals surface area contributed by atoms with Gasteiger partial charge < -0.3 is 10.4 Å². The lowest BCUT2D eigenvalue weighted by Crippen LogP contribution is -2.42. The largest absolute Gasteiger partial charge is 0.392 e. The molecule has 0 spiro atoms. The number of nitrogens with one attached hydrogen (secondary N) is 1. The molecule has 106 valence electrons. The monoisotopic (exact) mass is 283 g/mol. The molecule has 5 nitrogen and oxygen atoms in total. The van der Waals surface area contributed by atoms with E-state index in [9.17, 15) is 9.90 Å². The Labute approximate surface area is 117 Å². The molecular weight excluding hydrogens is 262 g/mol. The molecule has 0 saturated carbocycles. The summed E-state index contributed by atoms with van der Waals surface area (Å²) in [5, 5.41) is 13.1. The molecule has 1 aromatic rings. The maximum atomic E-state index is 11.9. The van der Waals surface area contributed by atoms with Crippen LogP contribution in [0.1, 0.15) is 30.3 Å². The number of aromatic nitrogens is 1. The van der Waals surface area contributed by atoms with Gasteiger partial charge in [-0.1, -0.05) is 6.92 Å². The van der Waals surface area contributed by atoms with E-state index in [1.54, 1.807) is 0 Å². The highest BCUT2D eigenvalue weighted by Gasteiger charge is 2.20. The minimum absolute atomic E-state index is 0.0505. The van der Waals surface area contributed by atoms with Crippen molar-refractivity contribution in [2.75, 3.05) is 25.0 Å².